The molecular weight excluding hydrogens is 362 g/mol. The monoisotopic (exact) mass is 385 g/mol. The van der Waals surface area contributed by atoms with Gasteiger partial charge in [-0.1, -0.05) is 12.1 Å². The molecule has 0 spiro atoms. The van der Waals surface area contributed by atoms with Crippen molar-refractivity contribution in [3.8, 4) is 5.75 Å². The number of pyridine rings is 1. The van der Waals surface area contributed by atoms with E-state index in [1.54, 1.807) is 36.5 Å². The number of carbonyl (C=O) groups is 2. The molecule has 1 saturated heterocycles. The third-order valence-electron chi connectivity index (χ3n) is 4.11. The van der Waals surface area contributed by atoms with Crippen LogP contribution in [-0.2, 0) is 14.3 Å². The average molecular weight is 385 g/mol. The van der Waals surface area contributed by atoms with E-state index in [1.807, 2.05) is 17.9 Å². The van der Waals surface area contributed by atoms with Crippen LogP contribution in [0.5, 0.6) is 5.75 Å². The van der Waals surface area contributed by atoms with E-state index in [1.165, 1.54) is 0 Å². The Morgan fingerprint density at radius 2 is 1.96 bits per heavy atom. The average Bonchev–Trinajstić information content (AvgIpc) is 2.74. The van der Waals surface area contributed by atoms with E-state index in [2.05, 4.69) is 10.3 Å². The fourth-order valence-electron chi connectivity index (χ4n) is 2.83. The van der Waals surface area contributed by atoms with Crippen molar-refractivity contribution in [1.82, 2.24) is 4.98 Å². The number of benzene rings is 1. The van der Waals surface area contributed by atoms with Crippen LogP contribution in [0.4, 0.5) is 11.5 Å². The highest BCUT2D eigenvalue weighted by molar-refractivity contribution is 5.98. The number of nitrogens with one attached hydrogen (secondary N) is 1. The molecule has 0 atom stereocenters. The molecule has 2 heterocycles. The first-order valence-corrected chi connectivity index (χ1v) is 9.15. The summed E-state index contributed by atoms with van der Waals surface area (Å²) in [7, 11) is 0. The first-order chi connectivity index (χ1) is 13.7. The number of carbonyl (C=O) groups excluding carboxylic acids is 2. The van der Waals surface area contributed by atoms with E-state index >= 15 is 0 Å². The molecule has 8 heteroatoms. The van der Waals surface area contributed by atoms with Gasteiger partial charge in [0.1, 0.15) is 17.1 Å². The van der Waals surface area contributed by atoms with E-state index in [0.717, 1.165) is 0 Å². The van der Waals surface area contributed by atoms with Crippen LogP contribution >= 0.6 is 0 Å². The Kier molecular flexibility index (Phi) is 6.80. The topological polar surface area (TPSA) is 90.0 Å². The normalized spacial score (nSPS) is 13.7. The second-order valence-corrected chi connectivity index (χ2v) is 6.03. The Morgan fingerprint density at radius 1 is 1.18 bits per heavy atom. The molecule has 1 N–H and O–H groups in total. The highest BCUT2D eigenvalue weighted by Gasteiger charge is 2.21. The van der Waals surface area contributed by atoms with Crippen LogP contribution in [0.25, 0.3) is 0 Å². The summed E-state index contributed by atoms with van der Waals surface area (Å²) in [6, 6.07) is 10.4. The predicted molar refractivity (Wildman–Crippen MR) is 104 cm³/mol. The van der Waals surface area contributed by atoms with Crippen molar-refractivity contribution in [3.05, 3.63) is 48.2 Å². The van der Waals surface area contributed by atoms with E-state index < -0.39 is 18.5 Å². The number of anilines is 2. The van der Waals surface area contributed by atoms with E-state index in [4.69, 9.17) is 14.2 Å². The molecule has 1 fully saturated rings. The van der Waals surface area contributed by atoms with Gasteiger partial charge in [-0.15, -0.1) is 0 Å². The van der Waals surface area contributed by atoms with Crippen molar-refractivity contribution in [2.24, 2.45) is 0 Å². The quantitative estimate of drug-likeness (QED) is 0.730. The number of ether oxygens (including phenoxy) is 3. The molecule has 1 aromatic carbocycles. The zero-order valence-electron chi connectivity index (χ0n) is 15.7. The Bertz CT molecular complexity index is 821. The summed E-state index contributed by atoms with van der Waals surface area (Å²) < 4.78 is 16.0. The number of hydrogen-bond acceptors (Lipinski definition) is 7. The lowest BCUT2D eigenvalue weighted by molar-refractivity contribution is -0.119. The summed E-state index contributed by atoms with van der Waals surface area (Å²) in [6.07, 6.45) is 1.62. The highest BCUT2D eigenvalue weighted by atomic mass is 16.5. The van der Waals surface area contributed by atoms with Gasteiger partial charge in [-0.3, -0.25) is 4.79 Å². The van der Waals surface area contributed by atoms with Gasteiger partial charge < -0.3 is 24.4 Å². The van der Waals surface area contributed by atoms with E-state index in [0.29, 0.717) is 55.7 Å². The minimum atomic E-state index is -0.595. The minimum absolute atomic E-state index is 0.326. The Balaban J connectivity index is 1.61. The number of esters is 1. The maximum Gasteiger partial charge on any atom is 0.342 e. The van der Waals surface area contributed by atoms with E-state index in [9.17, 15) is 9.59 Å². The van der Waals surface area contributed by atoms with Crippen LogP contribution in [-0.4, -0.2) is 56.4 Å². The van der Waals surface area contributed by atoms with Crippen molar-refractivity contribution in [1.29, 1.82) is 0 Å². The van der Waals surface area contributed by atoms with Gasteiger partial charge in [0.25, 0.3) is 5.91 Å². The van der Waals surface area contributed by atoms with Crippen molar-refractivity contribution in [2.75, 3.05) is 49.7 Å². The number of para-hydroxylation sites is 2. The standard InChI is InChI=1S/C20H23N3O5/c1-2-27-17-8-4-3-7-16(17)22-18(24)14-28-20(25)15-6-5-9-21-19(15)23-10-12-26-13-11-23/h3-9H,2,10-14H2,1H3,(H,22,24). The summed E-state index contributed by atoms with van der Waals surface area (Å²) in [5.74, 6) is 0.0598. The van der Waals surface area contributed by atoms with Crippen LogP contribution in [0.15, 0.2) is 42.6 Å². The third-order valence-corrected chi connectivity index (χ3v) is 4.11. The molecule has 1 aliphatic heterocycles. The van der Waals surface area contributed by atoms with Crippen LogP contribution in [0.2, 0.25) is 0 Å². The molecule has 28 heavy (non-hydrogen) atoms. The second-order valence-electron chi connectivity index (χ2n) is 6.03. The van der Waals surface area contributed by atoms with Gasteiger partial charge in [0.05, 0.1) is 25.5 Å². The molecule has 0 saturated carbocycles. The molecule has 8 nitrogen and oxygen atoms in total. The van der Waals surface area contributed by atoms with Crippen LogP contribution < -0.4 is 15.0 Å². The van der Waals surface area contributed by atoms with Crippen LogP contribution in [0.1, 0.15) is 17.3 Å². The molecule has 1 aliphatic rings. The van der Waals surface area contributed by atoms with Gasteiger partial charge in [-0.25, -0.2) is 9.78 Å². The van der Waals surface area contributed by atoms with Crippen LogP contribution in [0, 0.1) is 0 Å². The number of rotatable bonds is 7. The number of nitrogens with zero attached hydrogens (tertiary/aromatic N) is 2. The third kappa shape index (κ3) is 4.98. The molecule has 3 rings (SSSR count). The molecule has 2 aromatic rings. The predicted octanol–water partition coefficient (Wildman–Crippen LogP) is 2.11. The zero-order chi connectivity index (χ0) is 19.8. The maximum absolute atomic E-state index is 12.5. The van der Waals surface area contributed by atoms with Gasteiger partial charge in [0, 0.05) is 19.3 Å². The van der Waals surface area contributed by atoms with Crippen molar-refractivity contribution in [3.63, 3.8) is 0 Å². The Morgan fingerprint density at radius 3 is 2.75 bits per heavy atom. The number of aromatic nitrogens is 1. The van der Waals surface area contributed by atoms with Crippen molar-refractivity contribution in [2.45, 2.75) is 6.92 Å². The number of hydrogen-bond donors (Lipinski definition) is 1. The van der Waals surface area contributed by atoms with Crippen molar-refractivity contribution >= 4 is 23.4 Å². The summed E-state index contributed by atoms with van der Waals surface area (Å²) >= 11 is 0. The summed E-state index contributed by atoms with van der Waals surface area (Å²) in [5.41, 5.74) is 0.854. The van der Waals surface area contributed by atoms with Gasteiger partial charge in [0.15, 0.2) is 6.61 Å². The van der Waals surface area contributed by atoms with Gasteiger partial charge in [0.2, 0.25) is 0 Å². The smallest absolute Gasteiger partial charge is 0.342 e. The summed E-state index contributed by atoms with van der Waals surface area (Å²) in [4.78, 5) is 31.0. The summed E-state index contributed by atoms with van der Waals surface area (Å²) in [5, 5.41) is 2.70. The summed E-state index contributed by atoms with van der Waals surface area (Å²) in [6.45, 7) is 4.38. The van der Waals surface area contributed by atoms with Gasteiger partial charge >= 0.3 is 5.97 Å². The Hall–Kier alpha value is -3.13. The first kappa shape index (κ1) is 19.6. The minimum Gasteiger partial charge on any atom is -0.492 e. The molecular formula is C20H23N3O5. The lowest BCUT2D eigenvalue weighted by Gasteiger charge is -2.28. The largest absolute Gasteiger partial charge is 0.492 e. The number of amides is 1. The molecule has 0 unspecified atom stereocenters. The maximum atomic E-state index is 12.5. The lowest BCUT2D eigenvalue weighted by atomic mass is 10.2. The molecule has 0 radical (unpaired) electrons. The van der Waals surface area contributed by atoms with E-state index in [-0.39, 0.29) is 0 Å². The fourth-order valence-corrected chi connectivity index (χ4v) is 2.83. The second kappa shape index (κ2) is 9.70. The lowest BCUT2D eigenvalue weighted by Crippen LogP contribution is -2.37. The molecule has 1 amide bonds. The van der Waals surface area contributed by atoms with Crippen LogP contribution in [0.3, 0.4) is 0 Å². The SMILES string of the molecule is CCOc1ccccc1NC(=O)COC(=O)c1cccnc1N1CCOCC1. The Labute approximate surface area is 163 Å². The first-order valence-electron chi connectivity index (χ1n) is 9.15. The highest BCUT2D eigenvalue weighted by Crippen LogP contribution is 2.23. The molecule has 1 aromatic heterocycles. The molecule has 0 bridgehead atoms. The van der Waals surface area contributed by atoms with Gasteiger partial charge in [-0.05, 0) is 31.2 Å². The van der Waals surface area contributed by atoms with Crippen molar-refractivity contribution < 1.29 is 23.8 Å². The molecule has 148 valence electrons. The number of morpholine rings is 1. The fraction of sp³-hybridized carbons (Fsp3) is 0.350. The molecule has 0 aliphatic carbocycles. The zero-order valence-corrected chi connectivity index (χ0v) is 15.7. The van der Waals surface area contributed by atoms with Gasteiger partial charge in [-0.2, -0.15) is 0 Å².